The molecule has 0 unspecified atom stereocenters. The van der Waals surface area contributed by atoms with Crippen LogP contribution in [-0.2, 0) is 6.54 Å². The van der Waals surface area contributed by atoms with E-state index in [2.05, 4.69) is 20.6 Å². The molecular formula is C25H17FN4. The predicted molar refractivity (Wildman–Crippen MR) is 117 cm³/mol. The van der Waals surface area contributed by atoms with E-state index >= 15 is 0 Å². The SMILES string of the molecule is N#C/C(=C\c1cn(Cc2ccc(F)cc2)c2ccccc12)c1nc2ccccc2[nH]1. The Hall–Kier alpha value is -4.17. The molecule has 2 heterocycles. The smallest absolute Gasteiger partial charge is 0.149 e. The van der Waals surface area contributed by atoms with Gasteiger partial charge in [0.05, 0.1) is 16.6 Å². The van der Waals surface area contributed by atoms with Crippen molar-refractivity contribution < 1.29 is 4.39 Å². The van der Waals surface area contributed by atoms with E-state index in [9.17, 15) is 9.65 Å². The number of para-hydroxylation sites is 3. The molecule has 0 saturated carbocycles. The Balaban J connectivity index is 1.59. The number of aromatic nitrogens is 3. The van der Waals surface area contributed by atoms with E-state index in [4.69, 9.17) is 0 Å². The summed E-state index contributed by atoms with van der Waals surface area (Å²) in [6, 6.07) is 24.5. The number of nitrogens with one attached hydrogen (secondary N) is 1. The van der Waals surface area contributed by atoms with Crippen molar-refractivity contribution in [2.75, 3.05) is 0 Å². The Kier molecular flexibility index (Phi) is 4.38. The zero-order valence-corrected chi connectivity index (χ0v) is 16.0. The van der Waals surface area contributed by atoms with Crippen LogP contribution in [-0.4, -0.2) is 14.5 Å². The van der Waals surface area contributed by atoms with Crippen LogP contribution in [0.4, 0.5) is 4.39 Å². The van der Waals surface area contributed by atoms with Crippen molar-refractivity contribution in [3.05, 3.63) is 102 Å². The molecule has 0 spiro atoms. The summed E-state index contributed by atoms with van der Waals surface area (Å²) in [5.74, 6) is 0.304. The van der Waals surface area contributed by atoms with E-state index < -0.39 is 0 Å². The number of hydrogen-bond acceptors (Lipinski definition) is 2. The number of nitriles is 1. The minimum absolute atomic E-state index is 0.246. The highest BCUT2D eigenvalue weighted by atomic mass is 19.1. The Morgan fingerprint density at radius 2 is 1.80 bits per heavy atom. The molecule has 0 aliphatic carbocycles. The van der Waals surface area contributed by atoms with Crippen LogP contribution in [0.5, 0.6) is 0 Å². The van der Waals surface area contributed by atoms with Gasteiger partial charge in [-0.1, -0.05) is 42.5 Å². The largest absolute Gasteiger partial charge is 0.342 e. The predicted octanol–water partition coefficient (Wildman–Crippen LogP) is 5.77. The third kappa shape index (κ3) is 3.25. The van der Waals surface area contributed by atoms with Crippen LogP contribution in [0.1, 0.15) is 17.0 Å². The molecule has 0 atom stereocenters. The summed E-state index contributed by atoms with van der Waals surface area (Å²) < 4.78 is 15.4. The van der Waals surface area contributed by atoms with Crippen LogP contribution in [0.25, 0.3) is 33.6 Å². The van der Waals surface area contributed by atoms with Gasteiger partial charge in [-0.25, -0.2) is 9.37 Å². The van der Waals surface area contributed by atoms with Gasteiger partial charge in [-0.05, 0) is 42.0 Å². The van der Waals surface area contributed by atoms with Gasteiger partial charge in [0.2, 0.25) is 0 Å². The Bertz CT molecular complexity index is 1400. The topological polar surface area (TPSA) is 57.4 Å². The van der Waals surface area contributed by atoms with Crippen molar-refractivity contribution >= 4 is 33.6 Å². The minimum Gasteiger partial charge on any atom is -0.342 e. The number of hydrogen-bond donors (Lipinski definition) is 1. The maximum atomic E-state index is 13.2. The van der Waals surface area contributed by atoms with Crippen LogP contribution >= 0.6 is 0 Å². The van der Waals surface area contributed by atoms with Gasteiger partial charge in [0.15, 0.2) is 0 Å². The van der Waals surface area contributed by atoms with E-state index in [-0.39, 0.29) is 5.82 Å². The minimum atomic E-state index is -0.246. The highest BCUT2D eigenvalue weighted by molar-refractivity contribution is 5.98. The molecule has 0 fully saturated rings. The molecule has 0 saturated heterocycles. The van der Waals surface area contributed by atoms with Gasteiger partial charge in [-0.3, -0.25) is 0 Å². The number of rotatable bonds is 4. The third-order valence-corrected chi connectivity index (χ3v) is 5.15. The summed E-state index contributed by atoms with van der Waals surface area (Å²) >= 11 is 0. The van der Waals surface area contributed by atoms with Crippen LogP contribution < -0.4 is 0 Å². The molecule has 2 aromatic heterocycles. The number of imidazole rings is 1. The van der Waals surface area contributed by atoms with Gasteiger partial charge in [0.1, 0.15) is 17.7 Å². The zero-order valence-electron chi connectivity index (χ0n) is 16.0. The number of aromatic amines is 1. The average molecular weight is 392 g/mol. The summed E-state index contributed by atoms with van der Waals surface area (Å²) in [7, 11) is 0. The molecule has 5 heteroatoms. The fourth-order valence-corrected chi connectivity index (χ4v) is 3.70. The quantitative estimate of drug-likeness (QED) is 0.395. The molecular weight excluding hydrogens is 375 g/mol. The standard InChI is InChI=1S/C25H17FN4/c26-20-11-9-17(10-12-20)15-30-16-19(21-5-1-4-8-24(21)30)13-18(14-27)25-28-22-6-2-3-7-23(22)29-25/h1-13,16H,15H2,(H,28,29)/b18-13+. The first-order valence-corrected chi connectivity index (χ1v) is 9.60. The summed E-state index contributed by atoms with van der Waals surface area (Å²) in [5.41, 5.74) is 5.18. The van der Waals surface area contributed by atoms with Crippen molar-refractivity contribution in [1.29, 1.82) is 5.26 Å². The second-order valence-electron chi connectivity index (χ2n) is 7.13. The van der Waals surface area contributed by atoms with Crippen LogP contribution in [0, 0.1) is 17.1 Å². The van der Waals surface area contributed by atoms with E-state index in [1.54, 1.807) is 12.1 Å². The molecule has 5 aromatic rings. The first-order chi connectivity index (χ1) is 14.7. The Labute approximate surface area is 172 Å². The molecule has 0 aliphatic rings. The number of fused-ring (bicyclic) bond motifs is 2. The van der Waals surface area contributed by atoms with Crippen LogP contribution in [0.15, 0.2) is 79.0 Å². The highest BCUT2D eigenvalue weighted by Crippen LogP contribution is 2.27. The van der Waals surface area contributed by atoms with Crippen molar-refractivity contribution in [3.63, 3.8) is 0 Å². The molecule has 144 valence electrons. The molecule has 1 N–H and O–H groups in total. The van der Waals surface area contributed by atoms with E-state index in [0.29, 0.717) is 17.9 Å². The van der Waals surface area contributed by atoms with Crippen molar-refractivity contribution in [3.8, 4) is 6.07 Å². The normalized spacial score (nSPS) is 11.8. The van der Waals surface area contributed by atoms with Gasteiger partial charge in [0, 0.05) is 29.2 Å². The lowest BCUT2D eigenvalue weighted by atomic mass is 10.1. The van der Waals surface area contributed by atoms with Crippen LogP contribution in [0.2, 0.25) is 0 Å². The monoisotopic (exact) mass is 392 g/mol. The van der Waals surface area contributed by atoms with E-state index in [0.717, 1.165) is 33.1 Å². The number of allylic oxidation sites excluding steroid dienone is 1. The number of nitrogens with zero attached hydrogens (tertiary/aromatic N) is 3. The summed E-state index contributed by atoms with van der Waals surface area (Å²) in [6.07, 6.45) is 3.88. The van der Waals surface area contributed by atoms with E-state index in [1.807, 2.05) is 60.8 Å². The summed E-state index contributed by atoms with van der Waals surface area (Å²) in [4.78, 5) is 7.78. The highest BCUT2D eigenvalue weighted by Gasteiger charge is 2.12. The first kappa shape index (κ1) is 17.9. The van der Waals surface area contributed by atoms with Gasteiger partial charge in [-0.2, -0.15) is 5.26 Å². The average Bonchev–Trinajstić information content (AvgIpc) is 3.35. The summed E-state index contributed by atoms with van der Waals surface area (Å²) in [6.45, 7) is 0.612. The van der Waals surface area contributed by atoms with Gasteiger partial charge >= 0.3 is 0 Å². The molecule has 5 rings (SSSR count). The summed E-state index contributed by atoms with van der Waals surface area (Å²) in [5, 5.41) is 10.8. The molecule has 0 aliphatic heterocycles. The fraction of sp³-hybridized carbons (Fsp3) is 0.0400. The van der Waals surface area contributed by atoms with Gasteiger partial charge in [0.25, 0.3) is 0 Å². The van der Waals surface area contributed by atoms with Crippen LogP contribution in [0.3, 0.4) is 0 Å². The second-order valence-corrected chi connectivity index (χ2v) is 7.13. The van der Waals surface area contributed by atoms with Gasteiger partial charge < -0.3 is 9.55 Å². The Morgan fingerprint density at radius 3 is 2.60 bits per heavy atom. The molecule has 30 heavy (non-hydrogen) atoms. The van der Waals surface area contributed by atoms with Gasteiger partial charge in [-0.15, -0.1) is 0 Å². The fourth-order valence-electron chi connectivity index (χ4n) is 3.70. The molecule has 3 aromatic carbocycles. The molecule has 0 bridgehead atoms. The maximum absolute atomic E-state index is 13.2. The maximum Gasteiger partial charge on any atom is 0.149 e. The molecule has 0 radical (unpaired) electrons. The lowest BCUT2D eigenvalue weighted by molar-refractivity contribution is 0.626. The molecule has 0 amide bonds. The van der Waals surface area contributed by atoms with Crippen molar-refractivity contribution in [1.82, 2.24) is 14.5 Å². The lowest BCUT2D eigenvalue weighted by Crippen LogP contribution is -1.97. The number of benzene rings is 3. The third-order valence-electron chi connectivity index (χ3n) is 5.15. The Morgan fingerprint density at radius 1 is 1.03 bits per heavy atom. The lowest BCUT2D eigenvalue weighted by Gasteiger charge is -2.05. The van der Waals surface area contributed by atoms with Crippen molar-refractivity contribution in [2.45, 2.75) is 6.54 Å². The first-order valence-electron chi connectivity index (χ1n) is 9.60. The number of halogens is 1. The van der Waals surface area contributed by atoms with Crippen molar-refractivity contribution in [2.24, 2.45) is 0 Å². The second kappa shape index (κ2) is 7.34. The number of H-pyrrole nitrogens is 1. The zero-order chi connectivity index (χ0) is 20.5. The molecule has 4 nitrogen and oxygen atoms in total. The van der Waals surface area contributed by atoms with E-state index in [1.165, 1.54) is 12.1 Å².